The smallest absolute Gasteiger partial charge is 0.204 e. The molecule has 6 nitrogen and oxygen atoms in total. The number of anilines is 4. The zero-order chi connectivity index (χ0) is 59.0. The molecule has 0 saturated heterocycles. The molecule has 3 aromatic heterocycles. The zero-order valence-corrected chi connectivity index (χ0v) is 49.7. The molecule has 1 aliphatic heterocycles. The summed E-state index contributed by atoms with van der Waals surface area (Å²) in [4.78, 5) is 13.1. The van der Waals surface area contributed by atoms with Crippen molar-refractivity contribution in [2.24, 2.45) is 0 Å². The standard InChI is InChI=1S/C71H64N5OS.Pt/c1-68(2,3)46-33-34-73-63(40-46)76-61-32-31-56-55-25-20-26-58(72-13)66(55)78-67(56)64(61)57-30-29-51(42-62(57)76)77-52-39-49(71(10,11)12)38-50(41-52)74-43-75(60-28-18-17-27-59(60)74)65-53(44-21-15-14-16-22-44)23-19-24-54(65)45-35-47(69(4,5)6)37-48(36-45)70(7,8)9;/h14-40,43H,1-12H3;/q-3;/i14D,15D,16D,21D,22D;. The van der Waals surface area contributed by atoms with Crippen molar-refractivity contribution in [2.75, 3.05) is 9.80 Å². The minimum atomic E-state index is -0.445. The quantitative estimate of drug-likeness (QED) is 0.149. The van der Waals surface area contributed by atoms with E-state index < -0.39 is 18.1 Å². The van der Waals surface area contributed by atoms with Crippen LogP contribution in [0.2, 0.25) is 0 Å². The van der Waals surface area contributed by atoms with Crippen LogP contribution in [0.3, 0.4) is 0 Å². The van der Waals surface area contributed by atoms with Gasteiger partial charge in [0.1, 0.15) is 5.82 Å². The molecule has 0 N–H and O–H groups in total. The average molecular weight is 1240 g/mol. The Morgan fingerprint density at radius 3 is 1.87 bits per heavy atom. The molecule has 0 amide bonds. The molecule has 8 aromatic carbocycles. The van der Waals surface area contributed by atoms with Crippen molar-refractivity contribution < 1.29 is 32.7 Å². The SMILES string of the molecule is [2H]c1c([2H])c([2H])c(-c2cccc(-c3cc(C(C)(C)C)cc(C(C)(C)C)c3)c2N2[CH-]N(c3[c-]c(Oc4[c-]c5c(cc4)c4c6sc7c([N+]#[C-])cccc7c6ccc4n5-c4cc(C(C)(C)C)ccn4)cc(C(C)(C)C)c3)c3ccccc32)c([2H])c1[2H].[Pt]. The van der Waals surface area contributed by atoms with E-state index in [1.54, 1.807) is 11.3 Å². The van der Waals surface area contributed by atoms with E-state index in [0.29, 0.717) is 34.1 Å². The fraction of sp³-hybridized carbons (Fsp3) is 0.225. The summed E-state index contributed by atoms with van der Waals surface area (Å²) in [6.45, 7) is 36.4. The molecular formula is C71H64N5OPtS-3. The molecular weight excluding hydrogens is 1170 g/mol. The molecule has 12 rings (SSSR count). The fourth-order valence-electron chi connectivity index (χ4n) is 10.7. The first-order valence-electron chi connectivity index (χ1n) is 29.1. The van der Waals surface area contributed by atoms with Gasteiger partial charge in [-0.25, -0.2) is 9.83 Å². The summed E-state index contributed by atoms with van der Waals surface area (Å²) in [6.07, 6.45) is 1.87. The van der Waals surface area contributed by atoms with Crippen LogP contribution >= 0.6 is 11.3 Å². The number of pyridine rings is 1. The number of para-hydroxylation sites is 3. The summed E-state index contributed by atoms with van der Waals surface area (Å²) in [5.41, 5.74) is 11.4. The average Bonchev–Trinajstić information content (AvgIpc) is 1.74. The summed E-state index contributed by atoms with van der Waals surface area (Å²) in [7, 11) is 0. The maximum Gasteiger partial charge on any atom is 0.204 e. The Bertz CT molecular complexity index is 4490. The van der Waals surface area contributed by atoms with Gasteiger partial charge >= 0.3 is 0 Å². The molecule has 4 heterocycles. The van der Waals surface area contributed by atoms with Gasteiger partial charge in [-0.2, -0.15) is 6.07 Å². The Labute approximate surface area is 491 Å². The molecule has 0 saturated carbocycles. The molecule has 0 aliphatic carbocycles. The minimum Gasteiger partial charge on any atom is -0.509 e. The minimum absolute atomic E-state index is 0. The van der Waals surface area contributed by atoms with Crippen LogP contribution in [0, 0.1) is 25.4 Å². The van der Waals surface area contributed by atoms with Crippen LogP contribution in [0.25, 0.3) is 74.9 Å². The Hall–Kier alpha value is -7.49. The first-order chi connectivity index (χ1) is 39.2. The predicted octanol–water partition coefficient (Wildman–Crippen LogP) is 20.4. The molecule has 8 heteroatoms. The van der Waals surface area contributed by atoms with Crippen LogP contribution in [-0.4, -0.2) is 9.55 Å². The van der Waals surface area contributed by atoms with E-state index in [1.807, 2.05) is 61.4 Å². The number of benzene rings is 8. The van der Waals surface area contributed by atoms with Crippen LogP contribution in [0.5, 0.6) is 11.5 Å². The number of nitrogens with zero attached hydrogens (tertiary/aromatic N) is 5. The molecule has 1 aliphatic rings. The molecule has 0 bridgehead atoms. The number of hydrogen-bond donors (Lipinski definition) is 0. The predicted molar refractivity (Wildman–Crippen MR) is 329 cm³/mol. The first-order valence-corrected chi connectivity index (χ1v) is 27.4. The molecule has 79 heavy (non-hydrogen) atoms. The monoisotopic (exact) mass is 1230 g/mol. The van der Waals surface area contributed by atoms with Crippen molar-refractivity contribution in [1.82, 2.24) is 9.55 Å². The van der Waals surface area contributed by atoms with E-state index in [9.17, 15) is 2.74 Å². The van der Waals surface area contributed by atoms with Crippen molar-refractivity contribution in [3.63, 3.8) is 0 Å². The van der Waals surface area contributed by atoms with Crippen molar-refractivity contribution in [3.8, 4) is 39.6 Å². The Balaban J connectivity index is 0.00000736. The number of rotatable bonds is 7. The second kappa shape index (κ2) is 19.7. The van der Waals surface area contributed by atoms with E-state index in [4.69, 9.17) is 20.4 Å². The number of thiophene rings is 1. The molecule has 0 spiro atoms. The van der Waals surface area contributed by atoms with Crippen LogP contribution < -0.4 is 14.5 Å². The van der Waals surface area contributed by atoms with Gasteiger partial charge in [0.2, 0.25) is 5.69 Å². The van der Waals surface area contributed by atoms with E-state index in [1.165, 1.54) is 0 Å². The third-order valence-corrected chi connectivity index (χ3v) is 16.3. The maximum atomic E-state index is 9.34. The van der Waals surface area contributed by atoms with Crippen molar-refractivity contribution in [1.29, 1.82) is 0 Å². The van der Waals surface area contributed by atoms with Gasteiger partial charge < -0.3 is 19.1 Å². The van der Waals surface area contributed by atoms with Gasteiger partial charge in [0.05, 0.1) is 13.4 Å². The van der Waals surface area contributed by atoms with E-state index in [-0.39, 0.29) is 60.4 Å². The molecule has 11 aromatic rings. The Kier molecular flexibility index (Phi) is 11.8. The van der Waals surface area contributed by atoms with Crippen molar-refractivity contribution >= 4 is 81.8 Å². The largest absolute Gasteiger partial charge is 0.509 e. The molecule has 0 radical (unpaired) electrons. The second-order valence-corrected chi connectivity index (χ2v) is 25.6. The van der Waals surface area contributed by atoms with Crippen LogP contribution in [0.4, 0.5) is 28.4 Å². The van der Waals surface area contributed by atoms with Gasteiger partial charge in [-0.05, 0) is 96.0 Å². The Morgan fingerprint density at radius 2 is 1.20 bits per heavy atom. The zero-order valence-electron chi connectivity index (χ0n) is 51.6. The Morgan fingerprint density at radius 1 is 0.582 bits per heavy atom. The normalized spacial score (nSPS) is 14.0. The van der Waals surface area contributed by atoms with Crippen molar-refractivity contribution in [3.05, 3.63) is 216 Å². The molecule has 0 fully saturated rings. The van der Waals surface area contributed by atoms with Crippen molar-refractivity contribution in [2.45, 2.75) is 105 Å². The number of ether oxygens (including phenoxy) is 1. The summed E-state index contributed by atoms with van der Waals surface area (Å²) in [5, 5.41) is 4.20. The second-order valence-electron chi connectivity index (χ2n) is 24.6. The van der Waals surface area contributed by atoms with Crippen LogP contribution in [-0.2, 0) is 42.7 Å². The van der Waals surface area contributed by atoms with E-state index >= 15 is 0 Å². The summed E-state index contributed by atoms with van der Waals surface area (Å²) in [5.74, 6) is 1.73. The number of fused-ring (bicyclic) bond motifs is 8. The number of aromatic nitrogens is 2. The van der Waals surface area contributed by atoms with Crippen LogP contribution in [0.1, 0.15) is 112 Å². The number of hydrogen-bond acceptors (Lipinski definition) is 5. The van der Waals surface area contributed by atoms with Gasteiger partial charge in [-0.1, -0.05) is 192 Å². The molecule has 0 unspecified atom stereocenters. The topological polar surface area (TPSA) is 37.9 Å². The first kappa shape index (κ1) is 47.5. The third kappa shape index (κ3) is 9.62. The van der Waals surface area contributed by atoms with Crippen LogP contribution in [0.15, 0.2) is 164 Å². The van der Waals surface area contributed by atoms with Gasteiger partial charge in [-0.15, -0.1) is 65.0 Å². The third-order valence-electron chi connectivity index (χ3n) is 15.0. The van der Waals surface area contributed by atoms with Gasteiger partial charge in [-0.3, -0.25) is 0 Å². The van der Waals surface area contributed by atoms with Gasteiger partial charge in [0.15, 0.2) is 0 Å². The van der Waals surface area contributed by atoms with Gasteiger partial charge in [0, 0.05) is 81.9 Å². The fourth-order valence-corrected chi connectivity index (χ4v) is 12.0. The summed E-state index contributed by atoms with van der Waals surface area (Å²) < 4.78 is 56.2. The van der Waals surface area contributed by atoms with E-state index in [0.717, 1.165) is 92.6 Å². The van der Waals surface area contributed by atoms with E-state index in [2.05, 4.69) is 193 Å². The molecule has 398 valence electrons. The summed E-state index contributed by atoms with van der Waals surface area (Å²) in [6, 6.07) is 49.1. The van der Waals surface area contributed by atoms with Gasteiger partial charge in [0.25, 0.3) is 0 Å². The maximum absolute atomic E-state index is 9.34. The summed E-state index contributed by atoms with van der Waals surface area (Å²) >= 11 is 1.65. The molecule has 0 atom stereocenters.